The van der Waals surface area contributed by atoms with E-state index in [9.17, 15) is 4.79 Å². The predicted octanol–water partition coefficient (Wildman–Crippen LogP) is 4.99. The van der Waals surface area contributed by atoms with E-state index in [-0.39, 0.29) is 11.2 Å². The molecule has 1 aliphatic carbocycles. The van der Waals surface area contributed by atoms with Crippen molar-refractivity contribution < 1.29 is 9.21 Å². The molecule has 2 aromatic heterocycles. The molecule has 150 valence electrons. The van der Waals surface area contributed by atoms with E-state index >= 15 is 0 Å². The Balaban J connectivity index is 1.29. The van der Waals surface area contributed by atoms with Gasteiger partial charge in [0.05, 0.1) is 10.1 Å². The van der Waals surface area contributed by atoms with Gasteiger partial charge in [-0.3, -0.25) is 4.79 Å². The van der Waals surface area contributed by atoms with Gasteiger partial charge in [-0.1, -0.05) is 36.9 Å². The Morgan fingerprint density at radius 3 is 3.03 bits per heavy atom. The highest BCUT2D eigenvalue weighted by molar-refractivity contribution is 8.00. The SMILES string of the molecule is CC1CCc2sc(-c3nnc(SC(C)C(=O)N4CCc5ccccc54)o3)cc2C1. The molecule has 0 radical (unpaired) electrons. The lowest BCUT2D eigenvalue weighted by Gasteiger charge is -2.20. The second-order valence-corrected chi connectivity index (χ2v) is 10.3. The number of fused-ring (bicyclic) bond motifs is 2. The van der Waals surface area contributed by atoms with Gasteiger partial charge in [-0.2, -0.15) is 0 Å². The summed E-state index contributed by atoms with van der Waals surface area (Å²) in [6.45, 7) is 4.94. The van der Waals surface area contributed by atoms with Crippen LogP contribution in [0.2, 0.25) is 0 Å². The van der Waals surface area contributed by atoms with Gasteiger partial charge in [-0.15, -0.1) is 21.5 Å². The quantitative estimate of drug-likeness (QED) is 0.551. The topological polar surface area (TPSA) is 59.2 Å². The Kier molecular flexibility index (Phi) is 4.95. The van der Waals surface area contributed by atoms with Gasteiger partial charge in [-0.25, -0.2) is 0 Å². The molecule has 7 heteroatoms. The van der Waals surface area contributed by atoms with Crippen molar-refractivity contribution in [2.75, 3.05) is 11.4 Å². The number of benzene rings is 1. The number of aromatic nitrogens is 2. The molecular weight excluding hydrogens is 402 g/mol. The van der Waals surface area contributed by atoms with E-state index in [1.165, 1.54) is 34.2 Å². The third-order valence-corrected chi connectivity index (χ3v) is 7.87. The molecular formula is C22H23N3O2S2. The predicted molar refractivity (Wildman–Crippen MR) is 117 cm³/mol. The zero-order valence-corrected chi connectivity index (χ0v) is 18.2. The van der Waals surface area contributed by atoms with Crippen molar-refractivity contribution in [3.05, 3.63) is 46.3 Å². The van der Waals surface area contributed by atoms with Gasteiger partial charge < -0.3 is 9.32 Å². The number of hydrogen-bond acceptors (Lipinski definition) is 6. The molecule has 2 aliphatic rings. The summed E-state index contributed by atoms with van der Waals surface area (Å²) in [5.41, 5.74) is 3.68. The molecule has 1 aromatic carbocycles. The van der Waals surface area contributed by atoms with Crippen molar-refractivity contribution in [3.63, 3.8) is 0 Å². The molecule has 0 N–H and O–H groups in total. The van der Waals surface area contributed by atoms with Gasteiger partial charge in [-0.05, 0) is 61.8 Å². The Morgan fingerprint density at radius 2 is 2.14 bits per heavy atom. The third kappa shape index (κ3) is 3.62. The van der Waals surface area contributed by atoms with Gasteiger partial charge >= 0.3 is 0 Å². The summed E-state index contributed by atoms with van der Waals surface area (Å²) in [6.07, 6.45) is 4.42. The van der Waals surface area contributed by atoms with Crippen molar-refractivity contribution in [3.8, 4) is 10.8 Å². The molecule has 2 unspecified atom stereocenters. The molecule has 1 amide bonds. The molecule has 0 bridgehead atoms. The highest BCUT2D eigenvalue weighted by atomic mass is 32.2. The Hall–Kier alpha value is -2.12. The average Bonchev–Trinajstić information content (AvgIpc) is 3.44. The maximum Gasteiger partial charge on any atom is 0.277 e. The lowest BCUT2D eigenvalue weighted by Crippen LogP contribution is -2.35. The number of thiophene rings is 1. The van der Waals surface area contributed by atoms with Crippen LogP contribution in [-0.2, 0) is 24.1 Å². The van der Waals surface area contributed by atoms with Crippen LogP contribution in [-0.4, -0.2) is 27.9 Å². The van der Waals surface area contributed by atoms with Crippen molar-refractivity contribution in [1.82, 2.24) is 10.2 Å². The molecule has 0 spiro atoms. The second kappa shape index (κ2) is 7.61. The molecule has 3 heterocycles. The lowest BCUT2D eigenvalue weighted by molar-refractivity contribution is -0.117. The van der Waals surface area contributed by atoms with Crippen molar-refractivity contribution >= 4 is 34.7 Å². The zero-order valence-electron chi connectivity index (χ0n) is 16.6. The van der Waals surface area contributed by atoms with E-state index < -0.39 is 0 Å². The maximum absolute atomic E-state index is 13.0. The van der Waals surface area contributed by atoms with Gasteiger partial charge in [0.15, 0.2) is 0 Å². The third-order valence-electron chi connectivity index (χ3n) is 5.73. The van der Waals surface area contributed by atoms with Crippen LogP contribution in [0, 0.1) is 5.92 Å². The number of anilines is 1. The van der Waals surface area contributed by atoms with Crippen LogP contribution in [0.5, 0.6) is 0 Å². The smallest absolute Gasteiger partial charge is 0.277 e. The standard InChI is InChI=1S/C22H23N3O2S2/c1-13-7-8-18-16(11-13)12-19(29-18)20-23-24-22(27-20)28-14(2)21(26)25-10-9-15-5-3-4-6-17(15)25/h3-6,12-14H,7-11H2,1-2H3. The minimum absolute atomic E-state index is 0.0836. The number of rotatable bonds is 4. The molecule has 2 atom stereocenters. The molecule has 1 aliphatic heterocycles. The first-order chi connectivity index (χ1) is 14.1. The van der Waals surface area contributed by atoms with Gasteiger partial charge in [0.1, 0.15) is 0 Å². The summed E-state index contributed by atoms with van der Waals surface area (Å²) >= 11 is 3.10. The number of carbonyl (C=O) groups excluding carboxylic acids is 1. The van der Waals surface area contributed by atoms with Crippen LogP contribution in [0.1, 0.15) is 36.3 Å². The van der Waals surface area contributed by atoms with E-state index in [4.69, 9.17) is 4.42 Å². The van der Waals surface area contributed by atoms with E-state index in [1.807, 2.05) is 30.0 Å². The summed E-state index contributed by atoms with van der Waals surface area (Å²) in [4.78, 5) is 17.3. The van der Waals surface area contributed by atoms with Crippen LogP contribution in [0.4, 0.5) is 5.69 Å². The van der Waals surface area contributed by atoms with Crippen LogP contribution >= 0.6 is 23.1 Å². The van der Waals surface area contributed by atoms with Crippen LogP contribution < -0.4 is 4.90 Å². The first-order valence-corrected chi connectivity index (χ1v) is 11.8. The molecule has 29 heavy (non-hydrogen) atoms. The lowest BCUT2D eigenvalue weighted by atomic mass is 9.90. The molecule has 3 aromatic rings. The van der Waals surface area contributed by atoms with Crippen molar-refractivity contribution in [2.24, 2.45) is 5.92 Å². The molecule has 5 nitrogen and oxygen atoms in total. The monoisotopic (exact) mass is 425 g/mol. The highest BCUT2D eigenvalue weighted by Gasteiger charge is 2.29. The number of para-hydroxylation sites is 1. The summed E-state index contributed by atoms with van der Waals surface area (Å²) in [6, 6.07) is 10.3. The summed E-state index contributed by atoms with van der Waals surface area (Å²) in [5, 5.41) is 8.60. The summed E-state index contributed by atoms with van der Waals surface area (Å²) < 4.78 is 5.91. The minimum Gasteiger partial charge on any atom is -0.410 e. The zero-order chi connectivity index (χ0) is 20.0. The number of thioether (sulfide) groups is 1. The normalized spacial score (nSPS) is 19.1. The first kappa shape index (κ1) is 18.9. The van der Waals surface area contributed by atoms with Crippen molar-refractivity contribution in [1.29, 1.82) is 0 Å². The minimum atomic E-state index is -0.285. The summed E-state index contributed by atoms with van der Waals surface area (Å²) in [7, 11) is 0. The number of aryl methyl sites for hydroxylation is 1. The van der Waals surface area contributed by atoms with Crippen LogP contribution in [0.25, 0.3) is 10.8 Å². The Morgan fingerprint density at radius 1 is 1.28 bits per heavy atom. The van der Waals surface area contributed by atoms with E-state index in [2.05, 4.69) is 29.3 Å². The molecule has 0 fully saturated rings. The fourth-order valence-electron chi connectivity index (χ4n) is 4.16. The number of nitrogens with zero attached hydrogens (tertiary/aromatic N) is 3. The maximum atomic E-state index is 13.0. The van der Waals surface area contributed by atoms with Crippen molar-refractivity contribution in [2.45, 2.75) is 50.0 Å². The number of carbonyl (C=O) groups is 1. The van der Waals surface area contributed by atoms with Gasteiger partial charge in [0.2, 0.25) is 5.91 Å². The fraction of sp³-hybridized carbons (Fsp3) is 0.409. The Bertz CT molecular complexity index is 1060. The van der Waals surface area contributed by atoms with Gasteiger partial charge in [0, 0.05) is 17.1 Å². The molecule has 0 saturated carbocycles. The number of amides is 1. The Labute approximate surface area is 178 Å². The highest BCUT2D eigenvalue weighted by Crippen LogP contribution is 2.38. The van der Waals surface area contributed by atoms with Crippen LogP contribution in [0.3, 0.4) is 0 Å². The number of hydrogen-bond donors (Lipinski definition) is 0. The first-order valence-electron chi connectivity index (χ1n) is 10.1. The largest absolute Gasteiger partial charge is 0.410 e. The summed E-state index contributed by atoms with van der Waals surface area (Å²) in [5.74, 6) is 1.38. The van der Waals surface area contributed by atoms with Gasteiger partial charge in [0.25, 0.3) is 11.1 Å². The molecule has 5 rings (SSSR count). The van der Waals surface area contributed by atoms with E-state index in [0.717, 1.165) is 42.3 Å². The van der Waals surface area contributed by atoms with Crippen LogP contribution in [0.15, 0.2) is 40.0 Å². The second-order valence-electron chi connectivity index (χ2n) is 7.91. The molecule has 0 saturated heterocycles. The van der Waals surface area contributed by atoms with E-state index in [1.54, 1.807) is 11.3 Å². The fourth-order valence-corrected chi connectivity index (χ4v) is 6.03. The van der Waals surface area contributed by atoms with E-state index in [0.29, 0.717) is 11.1 Å². The average molecular weight is 426 g/mol.